The zero-order valence-corrected chi connectivity index (χ0v) is 11.9. The quantitative estimate of drug-likeness (QED) is 0.827. The molecule has 1 aromatic rings. The lowest BCUT2D eigenvalue weighted by atomic mass is 9.81. The molecule has 100 valence electrons. The smallest absolute Gasteiger partial charge is 0.0361 e. The van der Waals surface area contributed by atoms with Gasteiger partial charge in [0.2, 0.25) is 0 Å². The molecular formula is C16H26N2. The Bertz CT molecular complexity index is 352. The average Bonchev–Trinajstić information content (AvgIpc) is 2.32. The highest BCUT2D eigenvalue weighted by molar-refractivity contribution is 5.45. The summed E-state index contributed by atoms with van der Waals surface area (Å²) in [5, 5.41) is 3.63. The summed E-state index contributed by atoms with van der Waals surface area (Å²) < 4.78 is 0. The second kappa shape index (κ2) is 6.24. The van der Waals surface area contributed by atoms with Gasteiger partial charge in [0.15, 0.2) is 0 Å². The van der Waals surface area contributed by atoms with Gasteiger partial charge in [-0.15, -0.1) is 0 Å². The molecule has 1 aliphatic carbocycles. The summed E-state index contributed by atoms with van der Waals surface area (Å²) in [4.78, 5) is 2.14. The Balaban J connectivity index is 1.74. The molecule has 0 spiro atoms. The van der Waals surface area contributed by atoms with Crippen LogP contribution in [0.25, 0.3) is 0 Å². The molecule has 1 atom stereocenters. The third-order valence-electron chi connectivity index (χ3n) is 4.02. The van der Waals surface area contributed by atoms with Gasteiger partial charge in [0.25, 0.3) is 0 Å². The Kier molecular flexibility index (Phi) is 4.65. The Hall–Kier alpha value is -1.02. The molecule has 18 heavy (non-hydrogen) atoms. The number of hydrogen-bond acceptors (Lipinski definition) is 2. The monoisotopic (exact) mass is 246 g/mol. The number of rotatable bonds is 6. The Morgan fingerprint density at radius 3 is 2.39 bits per heavy atom. The van der Waals surface area contributed by atoms with Gasteiger partial charge >= 0.3 is 0 Å². The second-order valence-electron chi connectivity index (χ2n) is 5.88. The molecule has 0 bridgehead atoms. The van der Waals surface area contributed by atoms with Crippen molar-refractivity contribution in [2.75, 3.05) is 19.0 Å². The van der Waals surface area contributed by atoms with E-state index in [1.54, 1.807) is 0 Å². The van der Waals surface area contributed by atoms with Gasteiger partial charge in [0, 0.05) is 32.4 Å². The van der Waals surface area contributed by atoms with E-state index in [0.717, 1.165) is 12.5 Å². The Labute approximate surface area is 111 Å². The Morgan fingerprint density at radius 1 is 1.22 bits per heavy atom. The Morgan fingerprint density at radius 2 is 1.89 bits per heavy atom. The summed E-state index contributed by atoms with van der Waals surface area (Å²) >= 11 is 0. The van der Waals surface area contributed by atoms with Crippen molar-refractivity contribution in [2.45, 2.75) is 45.2 Å². The zero-order chi connectivity index (χ0) is 13.0. The molecule has 1 fully saturated rings. The van der Waals surface area contributed by atoms with Crippen LogP contribution in [0.2, 0.25) is 0 Å². The lowest BCUT2D eigenvalue weighted by molar-refractivity contribution is 0.265. The highest BCUT2D eigenvalue weighted by Gasteiger charge is 2.19. The molecule has 1 N–H and O–H groups in total. The minimum Gasteiger partial charge on any atom is -0.378 e. The van der Waals surface area contributed by atoms with Crippen molar-refractivity contribution >= 4 is 5.69 Å². The van der Waals surface area contributed by atoms with E-state index in [4.69, 9.17) is 0 Å². The zero-order valence-electron chi connectivity index (χ0n) is 11.9. The molecule has 0 aromatic heterocycles. The topological polar surface area (TPSA) is 15.3 Å². The maximum atomic E-state index is 3.63. The molecule has 1 saturated carbocycles. The van der Waals surface area contributed by atoms with Crippen LogP contribution in [-0.2, 0) is 6.54 Å². The third kappa shape index (κ3) is 3.74. The van der Waals surface area contributed by atoms with Crippen molar-refractivity contribution in [1.29, 1.82) is 0 Å². The van der Waals surface area contributed by atoms with Crippen molar-refractivity contribution in [3.05, 3.63) is 29.8 Å². The van der Waals surface area contributed by atoms with Crippen molar-refractivity contribution in [3.63, 3.8) is 0 Å². The summed E-state index contributed by atoms with van der Waals surface area (Å²) in [6.07, 6.45) is 5.69. The van der Waals surface area contributed by atoms with Gasteiger partial charge in [-0.05, 0) is 37.0 Å². The highest BCUT2D eigenvalue weighted by atomic mass is 15.1. The summed E-state index contributed by atoms with van der Waals surface area (Å²) in [7, 11) is 4.15. The lowest BCUT2D eigenvalue weighted by Crippen LogP contribution is -2.29. The van der Waals surface area contributed by atoms with E-state index in [1.165, 1.54) is 36.9 Å². The minimum atomic E-state index is 0.642. The van der Waals surface area contributed by atoms with Gasteiger partial charge < -0.3 is 10.2 Å². The van der Waals surface area contributed by atoms with Crippen LogP contribution in [0, 0.1) is 5.92 Å². The van der Waals surface area contributed by atoms with Gasteiger partial charge in [0.05, 0.1) is 0 Å². The van der Waals surface area contributed by atoms with E-state index in [0.29, 0.717) is 6.04 Å². The molecule has 0 heterocycles. The van der Waals surface area contributed by atoms with Crippen molar-refractivity contribution in [1.82, 2.24) is 5.32 Å². The number of anilines is 1. The van der Waals surface area contributed by atoms with E-state index >= 15 is 0 Å². The van der Waals surface area contributed by atoms with Crippen LogP contribution in [0.5, 0.6) is 0 Å². The van der Waals surface area contributed by atoms with Gasteiger partial charge in [-0.25, -0.2) is 0 Å². The van der Waals surface area contributed by atoms with Crippen LogP contribution in [0.15, 0.2) is 24.3 Å². The fourth-order valence-corrected chi connectivity index (χ4v) is 2.52. The van der Waals surface area contributed by atoms with Gasteiger partial charge in [-0.1, -0.05) is 31.4 Å². The summed E-state index contributed by atoms with van der Waals surface area (Å²) in [6, 6.07) is 9.46. The van der Waals surface area contributed by atoms with Gasteiger partial charge in [-0.2, -0.15) is 0 Å². The molecule has 2 nitrogen and oxygen atoms in total. The normalized spacial score (nSPS) is 17.3. The first-order chi connectivity index (χ1) is 8.65. The second-order valence-corrected chi connectivity index (χ2v) is 5.88. The summed E-state index contributed by atoms with van der Waals surface area (Å²) in [6.45, 7) is 3.30. The fraction of sp³-hybridized carbons (Fsp3) is 0.625. The van der Waals surface area contributed by atoms with E-state index < -0.39 is 0 Å². The van der Waals surface area contributed by atoms with Crippen LogP contribution in [0.3, 0.4) is 0 Å². The van der Waals surface area contributed by atoms with Gasteiger partial charge in [-0.3, -0.25) is 0 Å². The van der Waals surface area contributed by atoms with Crippen molar-refractivity contribution in [2.24, 2.45) is 5.92 Å². The van der Waals surface area contributed by atoms with Crippen LogP contribution >= 0.6 is 0 Å². The van der Waals surface area contributed by atoms with Crippen LogP contribution < -0.4 is 10.2 Å². The standard InChI is InChI=1S/C16H26N2/c1-13(11-14-5-4-6-14)17-12-15-7-9-16(10-8-15)18(2)3/h7-10,13-14,17H,4-6,11-12H2,1-3H3. The number of nitrogens with zero attached hydrogens (tertiary/aromatic N) is 1. The maximum Gasteiger partial charge on any atom is 0.0361 e. The molecule has 0 aliphatic heterocycles. The van der Waals surface area contributed by atoms with E-state index in [1.807, 2.05) is 0 Å². The molecule has 1 aliphatic rings. The first-order valence-corrected chi connectivity index (χ1v) is 7.15. The molecule has 0 saturated heterocycles. The largest absolute Gasteiger partial charge is 0.378 e. The number of nitrogens with one attached hydrogen (secondary N) is 1. The molecule has 1 unspecified atom stereocenters. The predicted octanol–water partition coefficient (Wildman–Crippen LogP) is 3.42. The minimum absolute atomic E-state index is 0.642. The highest BCUT2D eigenvalue weighted by Crippen LogP contribution is 2.30. The predicted molar refractivity (Wildman–Crippen MR) is 79.0 cm³/mol. The molecule has 2 heteroatoms. The van der Waals surface area contributed by atoms with E-state index in [-0.39, 0.29) is 0 Å². The molecule has 0 amide bonds. The van der Waals surface area contributed by atoms with Gasteiger partial charge in [0.1, 0.15) is 0 Å². The van der Waals surface area contributed by atoms with Crippen LogP contribution in [-0.4, -0.2) is 20.1 Å². The number of hydrogen-bond donors (Lipinski definition) is 1. The molecule has 0 radical (unpaired) electrons. The average molecular weight is 246 g/mol. The van der Waals surface area contributed by atoms with Crippen LogP contribution in [0.1, 0.15) is 38.2 Å². The third-order valence-corrected chi connectivity index (χ3v) is 4.02. The van der Waals surface area contributed by atoms with Crippen molar-refractivity contribution in [3.8, 4) is 0 Å². The van der Waals surface area contributed by atoms with E-state index in [2.05, 4.69) is 55.5 Å². The van der Waals surface area contributed by atoms with E-state index in [9.17, 15) is 0 Å². The first-order valence-electron chi connectivity index (χ1n) is 7.15. The molecular weight excluding hydrogens is 220 g/mol. The maximum absolute atomic E-state index is 3.63. The summed E-state index contributed by atoms with van der Waals surface area (Å²) in [5.74, 6) is 0.989. The fourth-order valence-electron chi connectivity index (χ4n) is 2.52. The lowest BCUT2D eigenvalue weighted by Gasteiger charge is -2.28. The molecule has 2 rings (SSSR count). The first kappa shape index (κ1) is 13.4. The van der Waals surface area contributed by atoms with Crippen LogP contribution in [0.4, 0.5) is 5.69 Å². The molecule has 1 aromatic carbocycles. The number of benzene rings is 1. The van der Waals surface area contributed by atoms with Crippen molar-refractivity contribution < 1.29 is 0 Å². The summed E-state index contributed by atoms with van der Waals surface area (Å²) in [5.41, 5.74) is 2.64. The SMILES string of the molecule is CC(CC1CCC1)NCc1ccc(N(C)C)cc1.